The van der Waals surface area contributed by atoms with E-state index in [0.717, 1.165) is 24.8 Å². The van der Waals surface area contributed by atoms with Gasteiger partial charge >= 0.3 is 6.03 Å². The summed E-state index contributed by atoms with van der Waals surface area (Å²) in [5.74, 6) is -0.842. The molecule has 1 fully saturated rings. The summed E-state index contributed by atoms with van der Waals surface area (Å²) in [5.41, 5.74) is 0.850. The summed E-state index contributed by atoms with van der Waals surface area (Å²) in [5, 5.41) is 16.7. The molecule has 22 heavy (non-hydrogen) atoms. The summed E-state index contributed by atoms with van der Waals surface area (Å²) in [6.45, 7) is 2.12. The van der Waals surface area contributed by atoms with Gasteiger partial charge in [0.1, 0.15) is 0 Å². The molecule has 1 aliphatic rings. The second kappa shape index (κ2) is 7.82. The average molecular weight is 303 g/mol. The van der Waals surface area contributed by atoms with Crippen molar-refractivity contribution in [2.75, 3.05) is 0 Å². The van der Waals surface area contributed by atoms with Gasteiger partial charge < -0.3 is 20.5 Å². The van der Waals surface area contributed by atoms with E-state index >= 15 is 0 Å². The maximum absolute atomic E-state index is 12.0. The van der Waals surface area contributed by atoms with Gasteiger partial charge in [0.25, 0.3) is 0 Å². The summed E-state index contributed by atoms with van der Waals surface area (Å²) >= 11 is 0. The lowest BCUT2D eigenvalue weighted by Gasteiger charge is -2.30. The highest BCUT2D eigenvalue weighted by atomic mass is 16.4. The molecule has 1 saturated carbocycles. The molecule has 0 aliphatic heterocycles. The Labute approximate surface area is 131 Å². The van der Waals surface area contributed by atoms with Gasteiger partial charge in [0, 0.05) is 6.04 Å². The minimum absolute atomic E-state index is 0.118. The van der Waals surface area contributed by atoms with Crippen molar-refractivity contribution < 1.29 is 14.7 Å². The van der Waals surface area contributed by atoms with E-state index in [2.05, 4.69) is 17.6 Å². The zero-order valence-electron chi connectivity index (χ0n) is 12.9. The molecule has 3 atom stereocenters. The van der Waals surface area contributed by atoms with E-state index in [1.54, 1.807) is 0 Å². The second-order valence-electron chi connectivity index (χ2n) is 6.05. The SMILES string of the molecule is C[C@@H]1CCCC[C@H]1NC(=O)N[C@@H](Cc1ccccc1)C(=O)[O-]. The highest BCUT2D eigenvalue weighted by Gasteiger charge is 2.24. The Morgan fingerprint density at radius 1 is 1.23 bits per heavy atom. The van der Waals surface area contributed by atoms with Crippen LogP contribution in [0.3, 0.4) is 0 Å². The minimum atomic E-state index is -1.27. The first-order chi connectivity index (χ1) is 10.6. The molecule has 0 radical (unpaired) electrons. The summed E-state index contributed by atoms with van der Waals surface area (Å²) in [7, 11) is 0. The van der Waals surface area contributed by atoms with E-state index in [0.29, 0.717) is 5.92 Å². The van der Waals surface area contributed by atoms with Crippen molar-refractivity contribution in [3.05, 3.63) is 35.9 Å². The monoisotopic (exact) mass is 303 g/mol. The topological polar surface area (TPSA) is 81.3 Å². The molecule has 0 heterocycles. The number of amides is 2. The van der Waals surface area contributed by atoms with Gasteiger partial charge in [-0.2, -0.15) is 0 Å². The van der Waals surface area contributed by atoms with Crippen LogP contribution in [0.5, 0.6) is 0 Å². The fourth-order valence-electron chi connectivity index (χ4n) is 2.94. The predicted molar refractivity (Wildman–Crippen MR) is 82.0 cm³/mol. The number of rotatable bonds is 5. The third-order valence-electron chi connectivity index (χ3n) is 4.30. The first-order valence-electron chi connectivity index (χ1n) is 7.88. The van der Waals surface area contributed by atoms with Crippen LogP contribution in [0.2, 0.25) is 0 Å². The molecule has 0 unspecified atom stereocenters. The second-order valence-corrected chi connectivity index (χ2v) is 6.05. The highest BCUT2D eigenvalue weighted by Crippen LogP contribution is 2.23. The number of nitrogens with one attached hydrogen (secondary N) is 2. The maximum Gasteiger partial charge on any atom is 0.315 e. The van der Waals surface area contributed by atoms with Crippen LogP contribution in [0.25, 0.3) is 0 Å². The number of carbonyl (C=O) groups is 2. The molecule has 2 rings (SSSR count). The molecule has 0 saturated heterocycles. The van der Waals surface area contributed by atoms with E-state index in [9.17, 15) is 14.7 Å². The van der Waals surface area contributed by atoms with Crippen molar-refractivity contribution >= 4 is 12.0 Å². The third kappa shape index (κ3) is 4.76. The Morgan fingerprint density at radius 3 is 2.55 bits per heavy atom. The number of carboxylic acid groups (broad SMARTS) is 1. The lowest BCUT2D eigenvalue weighted by atomic mass is 9.86. The zero-order chi connectivity index (χ0) is 15.9. The Hall–Kier alpha value is -2.04. The molecular weight excluding hydrogens is 280 g/mol. The van der Waals surface area contributed by atoms with Crippen molar-refractivity contribution in [2.45, 2.75) is 51.1 Å². The van der Waals surface area contributed by atoms with Crippen LogP contribution >= 0.6 is 0 Å². The fourth-order valence-corrected chi connectivity index (χ4v) is 2.94. The van der Waals surface area contributed by atoms with Gasteiger partial charge in [-0.1, -0.05) is 50.1 Å². The summed E-state index contributed by atoms with van der Waals surface area (Å²) < 4.78 is 0. The van der Waals surface area contributed by atoms with Crippen LogP contribution in [0.4, 0.5) is 4.79 Å². The van der Waals surface area contributed by atoms with Crippen molar-refractivity contribution in [1.82, 2.24) is 10.6 Å². The molecule has 5 heteroatoms. The van der Waals surface area contributed by atoms with Crippen molar-refractivity contribution in [3.63, 3.8) is 0 Å². The van der Waals surface area contributed by atoms with Crippen molar-refractivity contribution in [3.8, 4) is 0 Å². The number of urea groups is 1. The van der Waals surface area contributed by atoms with Crippen molar-refractivity contribution in [1.29, 1.82) is 0 Å². The molecule has 0 aromatic heterocycles. The van der Waals surface area contributed by atoms with Gasteiger partial charge in [0.15, 0.2) is 0 Å². The van der Waals surface area contributed by atoms with E-state index < -0.39 is 18.0 Å². The van der Waals surface area contributed by atoms with Crippen LogP contribution in [0.1, 0.15) is 38.2 Å². The number of benzene rings is 1. The number of hydrogen-bond acceptors (Lipinski definition) is 3. The normalized spacial score (nSPS) is 22.6. The van der Waals surface area contributed by atoms with Gasteiger partial charge in [-0.15, -0.1) is 0 Å². The summed E-state index contributed by atoms with van der Waals surface area (Å²) in [6, 6.07) is 7.87. The van der Waals surface area contributed by atoms with Crippen LogP contribution < -0.4 is 15.7 Å². The molecule has 1 aromatic rings. The Bertz CT molecular complexity index is 504. The Morgan fingerprint density at radius 2 is 1.91 bits per heavy atom. The molecule has 2 amide bonds. The van der Waals surface area contributed by atoms with Gasteiger partial charge in [0.05, 0.1) is 12.0 Å². The minimum Gasteiger partial charge on any atom is -0.548 e. The standard InChI is InChI=1S/C17H24N2O3/c1-12-7-5-6-10-14(12)18-17(22)19-15(16(20)21)11-13-8-3-2-4-9-13/h2-4,8-9,12,14-15H,5-7,10-11H2,1H3,(H,20,21)(H2,18,19,22)/p-1/t12-,14-,15+/m1/s1. The van der Waals surface area contributed by atoms with Gasteiger partial charge in [0.2, 0.25) is 0 Å². The van der Waals surface area contributed by atoms with Crippen LogP contribution in [-0.4, -0.2) is 24.1 Å². The third-order valence-corrected chi connectivity index (χ3v) is 4.30. The average Bonchev–Trinajstić information content (AvgIpc) is 2.50. The first-order valence-corrected chi connectivity index (χ1v) is 7.88. The van der Waals surface area contributed by atoms with Crippen LogP contribution in [0.15, 0.2) is 30.3 Å². The summed E-state index contributed by atoms with van der Waals surface area (Å²) in [4.78, 5) is 23.3. The number of hydrogen-bond donors (Lipinski definition) is 2. The van der Waals surface area contributed by atoms with E-state index in [1.807, 2.05) is 30.3 Å². The predicted octanol–water partition coefficient (Wildman–Crippen LogP) is 1.23. The van der Waals surface area contributed by atoms with Crippen LogP contribution in [-0.2, 0) is 11.2 Å². The molecule has 120 valence electrons. The summed E-state index contributed by atoms with van der Waals surface area (Å²) in [6.07, 6.45) is 4.55. The lowest BCUT2D eigenvalue weighted by molar-refractivity contribution is -0.308. The fraction of sp³-hybridized carbons (Fsp3) is 0.529. The maximum atomic E-state index is 12.0. The molecule has 1 aromatic carbocycles. The van der Waals surface area contributed by atoms with Gasteiger partial charge in [-0.25, -0.2) is 4.79 Å². The van der Waals surface area contributed by atoms with E-state index in [-0.39, 0.29) is 12.5 Å². The van der Waals surface area contributed by atoms with Crippen molar-refractivity contribution in [2.24, 2.45) is 5.92 Å². The molecule has 2 N–H and O–H groups in total. The number of carbonyl (C=O) groups excluding carboxylic acids is 2. The highest BCUT2D eigenvalue weighted by molar-refractivity contribution is 5.82. The first kappa shape index (κ1) is 16.3. The molecule has 1 aliphatic carbocycles. The molecule has 5 nitrogen and oxygen atoms in total. The molecule has 0 bridgehead atoms. The Kier molecular flexibility index (Phi) is 5.81. The quantitative estimate of drug-likeness (QED) is 0.858. The lowest BCUT2D eigenvalue weighted by Crippen LogP contribution is -2.54. The zero-order valence-corrected chi connectivity index (χ0v) is 12.9. The molecular formula is C17H23N2O3-. The van der Waals surface area contributed by atoms with Gasteiger partial charge in [-0.05, 0) is 30.7 Å². The Balaban J connectivity index is 1.90. The smallest absolute Gasteiger partial charge is 0.315 e. The molecule has 0 spiro atoms. The van der Waals surface area contributed by atoms with E-state index in [4.69, 9.17) is 0 Å². The number of carboxylic acids is 1. The van der Waals surface area contributed by atoms with E-state index in [1.165, 1.54) is 6.42 Å². The number of aliphatic carboxylic acids is 1. The van der Waals surface area contributed by atoms with Crippen LogP contribution in [0, 0.1) is 5.92 Å². The van der Waals surface area contributed by atoms with Gasteiger partial charge in [-0.3, -0.25) is 0 Å². The largest absolute Gasteiger partial charge is 0.548 e.